The molecule has 26 heavy (non-hydrogen) atoms. The minimum absolute atomic E-state index is 0.0183. The number of thioether (sulfide) groups is 1. The number of allylic oxidation sites excluding steroid dienone is 4. The van der Waals surface area contributed by atoms with Crippen molar-refractivity contribution in [2.45, 2.75) is 44.3 Å². The Kier molecular flexibility index (Phi) is 6.44. The van der Waals surface area contributed by atoms with E-state index in [2.05, 4.69) is 57.1 Å². The van der Waals surface area contributed by atoms with Crippen molar-refractivity contribution in [3.63, 3.8) is 0 Å². The summed E-state index contributed by atoms with van der Waals surface area (Å²) in [6.45, 7) is 5.71. The van der Waals surface area contributed by atoms with Crippen molar-refractivity contribution in [3.8, 4) is 0 Å². The molecule has 1 N–H and O–H groups in total. The van der Waals surface area contributed by atoms with Crippen molar-refractivity contribution >= 4 is 23.9 Å². The van der Waals surface area contributed by atoms with Gasteiger partial charge in [-0.2, -0.15) is 0 Å². The van der Waals surface area contributed by atoms with Crippen LogP contribution in [0.5, 0.6) is 0 Å². The second kappa shape index (κ2) is 8.98. The van der Waals surface area contributed by atoms with E-state index in [0.717, 1.165) is 36.1 Å². The monoisotopic (exact) mass is 371 g/mol. The van der Waals surface area contributed by atoms with Gasteiger partial charge in [0.05, 0.1) is 18.2 Å². The lowest BCUT2D eigenvalue weighted by molar-refractivity contribution is -0.117. The molecule has 0 saturated carbocycles. The normalized spacial score (nSPS) is 21.7. The summed E-state index contributed by atoms with van der Waals surface area (Å²) >= 11 is 1.42. The fourth-order valence-electron chi connectivity index (χ4n) is 3.01. The van der Waals surface area contributed by atoms with Crippen LogP contribution in [0.4, 0.5) is 0 Å². The first kappa shape index (κ1) is 18.6. The smallest absolute Gasteiger partial charge is 0.234 e. The molecule has 1 amide bonds. The van der Waals surface area contributed by atoms with Gasteiger partial charge >= 0.3 is 0 Å². The fourth-order valence-corrected chi connectivity index (χ4v) is 3.82. The summed E-state index contributed by atoms with van der Waals surface area (Å²) < 4.78 is 2.07. The highest BCUT2D eigenvalue weighted by Gasteiger charge is 2.20. The molecule has 1 aliphatic carbocycles. The Balaban J connectivity index is 1.56. The van der Waals surface area contributed by atoms with Crippen LogP contribution in [0.25, 0.3) is 0 Å². The standard InChI is InChI=1S/C19H25N5OS/c1-3-14-7-9-16(10-8-14)21-17(25)13-26-19-23-22-18(24(19)4-2)15-6-5-11-20-12-15/h5-7,9-11,14-15H,3-4,8,12-13H2,1-2H3,(H,21,25). The van der Waals surface area contributed by atoms with Crippen molar-refractivity contribution < 1.29 is 4.79 Å². The fraction of sp³-hybridized carbons (Fsp3) is 0.474. The lowest BCUT2D eigenvalue weighted by atomic mass is 9.97. The topological polar surface area (TPSA) is 72.2 Å². The second-order valence-corrected chi connectivity index (χ2v) is 7.29. The molecule has 0 fully saturated rings. The van der Waals surface area contributed by atoms with Gasteiger partial charge in [0.15, 0.2) is 5.16 Å². The van der Waals surface area contributed by atoms with Gasteiger partial charge in [0.2, 0.25) is 5.91 Å². The molecule has 0 bridgehead atoms. The number of aliphatic imine (C=N–C) groups is 1. The summed E-state index contributed by atoms with van der Waals surface area (Å²) in [5.41, 5.74) is 0.892. The van der Waals surface area contributed by atoms with Crippen molar-refractivity contribution in [3.05, 3.63) is 41.9 Å². The molecule has 6 nitrogen and oxygen atoms in total. The Morgan fingerprint density at radius 1 is 1.35 bits per heavy atom. The maximum Gasteiger partial charge on any atom is 0.234 e. The average molecular weight is 372 g/mol. The number of hydrogen-bond donors (Lipinski definition) is 1. The van der Waals surface area contributed by atoms with Crippen LogP contribution in [0.1, 0.15) is 38.4 Å². The Labute approximate surface area is 158 Å². The van der Waals surface area contributed by atoms with Crippen LogP contribution >= 0.6 is 11.8 Å². The maximum absolute atomic E-state index is 12.2. The summed E-state index contributed by atoms with van der Waals surface area (Å²) in [6.07, 6.45) is 14.2. The predicted octanol–water partition coefficient (Wildman–Crippen LogP) is 3.10. The summed E-state index contributed by atoms with van der Waals surface area (Å²) in [6, 6.07) is 0. The predicted molar refractivity (Wildman–Crippen MR) is 105 cm³/mol. The number of nitrogens with one attached hydrogen (secondary N) is 1. The van der Waals surface area contributed by atoms with E-state index in [9.17, 15) is 4.79 Å². The molecule has 7 heteroatoms. The third-order valence-corrected chi connectivity index (χ3v) is 5.53. The second-order valence-electron chi connectivity index (χ2n) is 6.35. The van der Waals surface area contributed by atoms with Crippen LogP contribution < -0.4 is 5.32 Å². The largest absolute Gasteiger partial charge is 0.326 e. The minimum atomic E-state index is -0.0183. The van der Waals surface area contributed by atoms with Crippen molar-refractivity contribution in [1.82, 2.24) is 20.1 Å². The number of rotatable bonds is 7. The zero-order chi connectivity index (χ0) is 18.4. The van der Waals surface area contributed by atoms with Gasteiger partial charge < -0.3 is 9.88 Å². The van der Waals surface area contributed by atoms with Gasteiger partial charge in [0.1, 0.15) is 5.82 Å². The van der Waals surface area contributed by atoms with E-state index in [1.54, 1.807) is 6.21 Å². The summed E-state index contributed by atoms with van der Waals surface area (Å²) in [5.74, 6) is 1.95. The lowest BCUT2D eigenvalue weighted by Gasteiger charge is -2.15. The molecule has 1 aromatic rings. The first-order valence-corrected chi connectivity index (χ1v) is 10.1. The molecule has 0 spiro atoms. The molecule has 0 aromatic carbocycles. The van der Waals surface area contributed by atoms with E-state index in [1.165, 1.54) is 11.8 Å². The third kappa shape index (κ3) is 4.52. The van der Waals surface area contributed by atoms with E-state index in [-0.39, 0.29) is 11.8 Å². The number of dihydropyridines is 1. The first-order chi connectivity index (χ1) is 12.7. The molecule has 1 aliphatic heterocycles. The van der Waals surface area contributed by atoms with E-state index >= 15 is 0 Å². The van der Waals surface area contributed by atoms with Crippen molar-refractivity contribution in [1.29, 1.82) is 0 Å². The molecule has 2 atom stereocenters. The van der Waals surface area contributed by atoms with Crippen molar-refractivity contribution in [2.75, 3.05) is 12.3 Å². The molecule has 1 aromatic heterocycles. The highest BCUT2D eigenvalue weighted by Crippen LogP contribution is 2.24. The first-order valence-electron chi connectivity index (χ1n) is 9.12. The number of aromatic nitrogens is 3. The molecule has 2 heterocycles. The minimum Gasteiger partial charge on any atom is -0.326 e. The van der Waals surface area contributed by atoms with Gasteiger partial charge in [0.25, 0.3) is 0 Å². The molecular formula is C19H25N5OS. The van der Waals surface area contributed by atoms with Gasteiger partial charge in [0, 0.05) is 18.5 Å². The summed E-state index contributed by atoms with van der Waals surface area (Å²) in [5, 5.41) is 12.4. The quantitative estimate of drug-likeness (QED) is 0.748. The highest BCUT2D eigenvalue weighted by molar-refractivity contribution is 7.99. The van der Waals surface area contributed by atoms with Crippen LogP contribution in [-0.2, 0) is 11.3 Å². The van der Waals surface area contributed by atoms with Crippen LogP contribution in [0, 0.1) is 5.92 Å². The van der Waals surface area contributed by atoms with E-state index in [1.807, 2.05) is 12.2 Å². The zero-order valence-corrected chi connectivity index (χ0v) is 16.1. The van der Waals surface area contributed by atoms with Crippen LogP contribution in [0.3, 0.4) is 0 Å². The number of carbonyl (C=O) groups excluding carboxylic acids is 1. The third-order valence-electron chi connectivity index (χ3n) is 4.56. The number of nitrogens with zero attached hydrogens (tertiary/aromatic N) is 4. The van der Waals surface area contributed by atoms with Crippen LogP contribution in [0.15, 0.2) is 46.2 Å². The molecule has 138 valence electrons. The Morgan fingerprint density at radius 3 is 2.88 bits per heavy atom. The number of carbonyl (C=O) groups is 1. The van der Waals surface area contributed by atoms with Gasteiger partial charge in [-0.05, 0) is 37.8 Å². The lowest BCUT2D eigenvalue weighted by Crippen LogP contribution is -2.25. The van der Waals surface area contributed by atoms with Crippen molar-refractivity contribution in [2.24, 2.45) is 10.9 Å². The Morgan fingerprint density at radius 2 is 2.23 bits per heavy atom. The van der Waals surface area contributed by atoms with E-state index in [0.29, 0.717) is 18.2 Å². The zero-order valence-electron chi connectivity index (χ0n) is 15.3. The molecule has 3 rings (SSSR count). The highest BCUT2D eigenvalue weighted by atomic mass is 32.2. The van der Waals surface area contributed by atoms with Crippen LogP contribution in [-0.4, -0.2) is 39.2 Å². The molecule has 2 aliphatic rings. The van der Waals surface area contributed by atoms with Gasteiger partial charge in [-0.25, -0.2) is 0 Å². The maximum atomic E-state index is 12.2. The average Bonchev–Trinajstić information content (AvgIpc) is 3.10. The van der Waals surface area contributed by atoms with E-state index < -0.39 is 0 Å². The summed E-state index contributed by atoms with van der Waals surface area (Å²) in [4.78, 5) is 16.5. The molecule has 0 saturated heterocycles. The van der Waals surface area contributed by atoms with Gasteiger partial charge in [-0.15, -0.1) is 10.2 Å². The van der Waals surface area contributed by atoms with Crippen LogP contribution in [0.2, 0.25) is 0 Å². The number of amides is 1. The Bertz CT molecular complexity index is 762. The molecule has 0 radical (unpaired) electrons. The van der Waals surface area contributed by atoms with E-state index in [4.69, 9.17) is 0 Å². The Hall–Kier alpha value is -2.15. The SMILES string of the molecule is CCC1C=CC(NC(=O)CSc2nnc(C3C=CC=NC3)n2CC)=CC1. The van der Waals surface area contributed by atoms with Gasteiger partial charge in [-0.1, -0.05) is 36.9 Å². The van der Waals surface area contributed by atoms with Gasteiger partial charge in [-0.3, -0.25) is 9.79 Å². The summed E-state index contributed by atoms with van der Waals surface area (Å²) in [7, 11) is 0. The molecule has 2 unspecified atom stereocenters. The molecular weight excluding hydrogens is 346 g/mol. The number of hydrogen-bond acceptors (Lipinski definition) is 5.